The normalized spacial score (nSPS) is 17.2. The quantitative estimate of drug-likeness (QED) is 0.796. The van der Waals surface area contributed by atoms with Gasteiger partial charge in [0.05, 0.1) is 6.54 Å². The zero-order valence-corrected chi connectivity index (χ0v) is 12.5. The van der Waals surface area contributed by atoms with Crippen LogP contribution in [0, 0.1) is 6.92 Å². The van der Waals surface area contributed by atoms with Crippen LogP contribution in [0.5, 0.6) is 0 Å². The molecule has 2 rings (SSSR count). The molecule has 116 valence electrons. The molecule has 6 heteroatoms. The molecule has 0 aliphatic heterocycles. The van der Waals surface area contributed by atoms with E-state index < -0.39 is 5.97 Å². The van der Waals surface area contributed by atoms with E-state index in [2.05, 4.69) is 17.6 Å². The Morgan fingerprint density at radius 1 is 1.33 bits per heavy atom. The summed E-state index contributed by atoms with van der Waals surface area (Å²) in [5.74, 6) is -0.241. The molecule has 1 heterocycles. The number of hydrogen-bond acceptors (Lipinski definition) is 3. The largest absolute Gasteiger partial charge is 0.478 e. The monoisotopic (exact) mass is 294 g/mol. The summed E-state index contributed by atoms with van der Waals surface area (Å²) < 4.78 is 5.32. The number of carbonyl (C=O) groups excluding carboxylic acids is 1. The van der Waals surface area contributed by atoms with Crippen LogP contribution < -0.4 is 10.6 Å². The van der Waals surface area contributed by atoms with Crippen molar-refractivity contribution in [1.29, 1.82) is 0 Å². The molecule has 1 saturated carbocycles. The van der Waals surface area contributed by atoms with Gasteiger partial charge in [0.25, 0.3) is 0 Å². The molecule has 0 saturated heterocycles. The standard InChI is InChI=1S/C15H22N2O4/c1-10-12(13(18)19)8-11(21-10)9-16-14(20)17-15(2)6-4-3-5-7-15/h8H,3-7,9H2,1-2H3,(H,18,19)(H2,16,17,20). The lowest BCUT2D eigenvalue weighted by atomic mass is 9.83. The second-order valence-corrected chi connectivity index (χ2v) is 5.92. The summed E-state index contributed by atoms with van der Waals surface area (Å²) in [5, 5.41) is 14.7. The smallest absolute Gasteiger partial charge is 0.339 e. The van der Waals surface area contributed by atoms with Gasteiger partial charge in [-0.25, -0.2) is 9.59 Å². The van der Waals surface area contributed by atoms with Gasteiger partial charge in [0.1, 0.15) is 17.1 Å². The molecule has 0 aromatic carbocycles. The van der Waals surface area contributed by atoms with Crippen LogP contribution in [-0.4, -0.2) is 22.6 Å². The van der Waals surface area contributed by atoms with Gasteiger partial charge in [-0.05, 0) is 32.8 Å². The summed E-state index contributed by atoms with van der Waals surface area (Å²) in [4.78, 5) is 22.9. The minimum absolute atomic E-state index is 0.131. The number of carboxylic acid groups (broad SMARTS) is 1. The fourth-order valence-electron chi connectivity index (χ4n) is 2.79. The summed E-state index contributed by atoms with van der Waals surface area (Å²) in [6, 6.07) is 1.20. The van der Waals surface area contributed by atoms with E-state index in [0.717, 1.165) is 25.7 Å². The molecule has 1 aliphatic carbocycles. The lowest BCUT2D eigenvalue weighted by Gasteiger charge is -2.34. The minimum Gasteiger partial charge on any atom is -0.478 e. The number of aryl methyl sites for hydroxylation is 1. The van der Waals surface area contributed by atoms with Gasteiger partial charge in [-0.1, -0.05) is 19.3 Å². The highest BCUT2D eigenvalue weighted by atomic mass is 16.4. The Labute approximate surface area is 123 Å². The minimum atomic E-state index is -1.03. The van der Waals surface area contributed by atoms with Crippen molar-refractivity contribution >= 4 is 12.0 Å². The maximum absolute atomic E-state index is 11.9. The average molecular weight is 294 g/mol. The molecule has 0 spiro atoms. The number of urea groups is 1. The number of nitrogens with one attached hydrogen (secondary N) is 2. The molecule has 0 radical (unpaired) electrons. The Balaban J connectivity index is 1.86. The summed E-state index contributed by atoms with van der Waals surface area (Å²) >= 11 is 0. The first-order valence-corrected chi connectivity index (χ1v) is 7.28. The molecule has 1 aromatic heterocycles. The highest BCUT2D eigenvalue weighted by Gasteiger charge is 2.28. The van der Waals surface area contributed by atoms with Crippen LogP contribution in [0.1, 0.15) is 60.9 Å². The zero-order valence-electron chi connectivity index (χ0n) is 12.5. The third-order valence-corrected chi connectivity index (χ3v) is 3.99. The van der Waals surface area contributed by atoms with Crippen LogP contribution in [0.15, 0.2) is 10.5 Å². The van der Waals surface area contributed by atoms with Crippen molar-refractivity contribution in [3.63, 3.8) is 0 Å². The van der Waals surface area contributed by atoms with E-state index in [4.69, 9.17) is 9.52 Å². The summed E-state index contributed by atoms with van der Waals surface area (Å²) in [6.07, 6.45) is 5.47. The summed E-state index contributed by atoms with van der Waals surface area (Å²) in [7, 11) is 0. The zero-order chi connectivity index (χ0) is 15.5. The van der Waals surface area contributed by atoms with Crippen LogP contribution in [0.4, 0.5) is 4.79 Å². The molecule has 0 unspecified atom stereocenters. The Bertz CT molecular complexity index is 530. The Hall–Kier alpha value is -1.98. The van der Waals surface area contributed by atoms with E-state index in [1.165, 1.54) is 12.5 Å². The first kappa shape index (κ1) is 15.4. The van der Waals surface area contributed by atoms with Crippen LogP contribution in [0.2, 0.25) is 0 Å². The fraction of sp³-hybridized carbons (Fsp3) is 0.600. The predicted octanol–water partition coefficient (Wildman–Crippen LogP) is 2.81. The number of furan rings is 1. The van der Waals surface area contributed by atoms with E-state index in [1.54, 1.807) is 6.92 Å². The van der Waals surface area contributed by atoms with E-state index in [-0.39, 0.29) is 23.7 Å². The van der Waals surface area contributed by atoms with Gasteiger partial charge in [-0.3, -0.25) is 0 Å². The number of hydrogen-bond donors (Lipinski definition) is 3. The van der Waals surface area contributed by atoms with Crippen molar-refractivity contribution < 1.29 is 19.1 Å². The molecule has 0 bridgehead atoms. The third-order valence-electron chi connectivity index (χ3n) is 3.99. The first-order chi connectivity index (χ1) is 9.89. The second-order valence-electron chi connectivity index (χ2n) is 5.92. The fourth-order valence-corrected chi connectivity index (χ4v) is 2.79. The van der Waals surface area contributed by atoms with Crippen molar-refractivity contribution in [3.8, 4) is 0 Å². The number of carboxylic acids is 1. The van der Waals surface area contributed by atoms with Gasteiger partial charge in [-0.15, -0.1) is 0 Å². The molecular formula is C15H22N2O4. The predicted molar refractivity (Wildman–Crippen MR) is 77.3 cm³/mol. The van der Waals surface area contributed by atoms with Crippen molar-refractivity contribution in [2.45, 2.75) is 58.0 Å². The van der Waals surface area contributed by atoms with Crippen LogP contribution in [-0.2, 0) is 6.54 Å². The van der Waals surface area contributed by atoms with Gasteiger partial charge in [-0.2, -0.15) is 0 Å². The van der Waals surface area contributed by atoms with Gasteiger partial charge in [0.2, 0.25) is 0 Å². The second kappa shape index (κ2) is 6.20. The summed E-state index contributed by atoms with van der Waals surface area (Å²) in [6.45, 7) is 3.83. The number of amides is 2. The average Bonchev–Trinajstić information content (AvgIpc) is 2.78. The van der Waals surface area contributed by atoms with Gasteiger partial charge in [0, 0.05) is 5.54 Å². The van der Waals surface area contributed by atoms with Crippen molar-refractivity contribution in [2.75, 3.05) is 0 Å². The van der Waals surface area contributed by atoms with Crippen LogP contribution >= 0.6 is 0 Å². The molecular weight excluding hydrogens is 272 g/mol. The van der Waals surface area contributed by atoms with Gasteiger partial charge in [0.15, 0.2) is 0 Å². The Kier molecular flexibility index (Phi) is 4.55. The topological polar surface area (TPSA) is 91.6 Å². The highest BCUT2D eigenvalue weighted by Crippen LogP contribution is 2.27. The van der Waals surface area contributed by atoms with E-state index in [1.807, 2.05) is 0 Å². The third kappa shape index (κ3) is 4.00. The van der Waals surface area contributed by atoms with E-state index in [0.29, 0.717) is 11.5 Å². The lowest BCUT2D eigenvalue weighted by molar-refractivity contribution is 0.0695. The molecule has 3 N–H and O–H groups in total. The van der Waals surface area contributed by atoms with Crippen LogP contribution in [0.3, 0.4) is 0 Å². The molecule has 6 nitrogen and oxygen atoms in total. The van der Waals surface area contributed by atoms with E-state index in [9.17, 15) is 9.59 Å². The SMILES string of the molecule is Cc1oc(CNC(=O)NC2(C)CCCCC2)cc1C(=O)O. The lowest BCUT2D eigenvalue weighted by Crippen LogP contribution is -2.50. The van der Waals surface area contributed by atoms with Crippen LogP contribution in [0.25, 0.3) is 0 Å². The van der Waals surface area contributed by atoms with Gasteiger partial charge >= 0.3 is 12.0 Å². The van der Waals surface area contributed by atoms with Gasteiger partial charge < -0.3 is 20.2 Å². The number of carbonyl (C=O) groups is 2. The van der Waals surface area contributed by atoms with Crippen molar-refractivity contribution in [2.24, 2.45) is 0 Å². The first-order valence-electron chi connectivity index (χ1n) is 7.28. The van der Waals surface area contributed by atoms with Crippen molar-refractivity contribution in [3.05, 3.63) is 23.2 Å². The molecule has 2 amide bonds. The molecule has 0 atom stereocenters. The maximum atomic E-state index is 11.9. The number of rotatable bonds is 4. The molecule has 1 aliphatic rings. The molecule has 1 aromatic rings. The Morgan fingerprint density at radius 2 is 2.00 bits per heavy atom. The maximum Gasteiger partial charge on any atom is 0.339 e. The van der Waals surface area contributed by atoms with Crippen molar-refractivity contribution in [1.82, 2.24) is 10.6 Å². The highest BCUT2D eigenvalue weighted by molar-refractivity contribution is 5.88. The van der Waals surface area contributed by atoms with E-state index >= 15 is 0 Å². The molecule has 21 heavy (non-hydrogen) atoms. The molecule has 1 fully saturated rings. The summed E-state index contributed by atoms with van der Waals surface area (Å²) in [5.41, 5.74) is -0.0142. The Morgan fingerprint density at radius 3 is 2.57 bits per heavy atom. The number of aromatic carboxylic acids is 1.